The van der Waals surface area contributed by atoms with Gasteiger partial charge in [-0.2, -0.15) is 0 Å². The summed E-state index contributed by atoms with van der Waals surface area (Å²) in [6.45, 7) is 3.25. The fourth-order valence-electron chi connectivity index (χ4n) is 0.383. The van der Waals surface area contributed by atoms with Crippen LogP contribution >= 0.6 is 0 Å². The summed E-state index contributed by atoms with van der Waals surface area (Å²) in [7, 11) is 0. The van der Waals surface area contributed by atoms with Crippen molar-refractivity contribution in [3.05, 3.63) is 12.7 Å². The zero-order valence-electron chi connectivity index (χ0n) is 5.65. The van der Waals surface area contributed by atoms with E-state index in [1.165, 1.54) is 6.08 Å². The minimum atomic E-state index is -1.54. The molecule has 11 heavy (non-hydrogen) atoms. The summed E-state index contributed by atoms with van der Waals surface area (Å²) >= 11 is 0. The van der Waals surface area contributed by atoms with Gasteiger partial charge < -0.3 is 10.2 Å². The molecule has 0 spiro atoms. The second kappa shape index (κ2) is 4.21. The monoisotopic (exact) mass is 157 g/mol. The molecule has 0 aliphatic rings. The van der Waals surface area contributed by atoms with E-state index in [9.17, 15) is 9.59 Å². The van der Waals surface area contributed by atoms with Crippen molar-refractivity contribution in [3.8, 4) is 0 Å². The summed E-state index contributed by atoms with van der Waals surface area (Å²) in [4.78, 5) is 23.4. The highest BCUT2D eigenvalue weighted by molar-refractivity contribution is 6.61. The van der Waals surface area contributed by atoms with E-state index in [4.69, 9.17) is 10.2 Å². The van der Waals surface area contributed by atoms with E-state index < -0.39 is 17.7 Å². The third-order valence-electron chi connectivity index (χ3n) is 0.784. The topological polar surface area (TPSA) is 87.0 Å². The molecule has 0 bridgehead atoms. The predicted octanol–water partition coefficient (Wildman–Crippen LogP) is -0.217. The zero-order chi connectivity index (χ0) is 8.85. The van der Waals surface area contributed by atoms with Gasteiger partial charge in [-0.15, -0.1) is 6.58 Å². The first-order valence-electron chi connectivity index (χ1n) is 2.71. The second-order valence-corrected chi connectivity index (χ2v) is 1.59. The first kappa shape index (κ1) is 9.35. The van der Waals surface area contributed by atoms with Crippen molar-refractivity contribution >= 4 is 17.7 Å². The van der Waals surface area contributed by atoms with Gasteiger partial charge in [0.1, 0.15) is 0 Å². The number of carboxylic acids is 2. The Morgan fingerprint density at radius 1 is 1.36 bits per heavy atom. The highest BCUT2D eigenvalue weighted by Gasteiger charge is 2.16. The first-order chi connectivity index (χ1) is 5.09. The largest absolute Gasteiger partial charge is 0.476 e. The van der Waals surface area contributed by atoms with Crippen LogP contribution in [0.1, 0.15) is 0 Å². The first-order valence-corrected chi connectivity index (χ1v) is 2.71. The molecule has 0 rings (SSSR count). The van der Waals surface area contributed by atoms with Crippen LogP contribution in [0.5, 0.6) is 0 Å². The van der Waals surface area contributed by atoms with Gasteiger partial charge >= 0.3 is 11.9 Å². The summed E-state index contributed by atoms with van der Waals surface area (Å²) < 4.78 is 0. The fourth-order valence-corrected chi connectivity index (χ4v) is 0.383. The van der Waals surface area contributed by atoms with E-state index in [0.29, 0.717) is 0 Å². The maximum Gasteiger partial charge on any atom is 0.361 e. The van der Waals surface area contributed by atoms with Crippen LogP contribution in [-0.4, -0.2) is 34.4 Å². The molecule has 0 heterocycles. The molecular formula is C6H7NO4. The van der Waals surface area contributed by atoms with Crippen molar-refractivity contribution in [3.63, 3.8) is 0 Å². The average Bonchev–Trinajstić information content (AvgIpc) is 1.87. The molecule has 0 aromatic rings. The summed E-state index contributed by atoms with van der Waals surface area (Å²) in [6, 6.07) is 0. The molecular weight excluding hydrogens is 150 g/mol. The number of carbonyl (C=O) groups is 2. The molecule has 0 aromatic heterocycles. The van der Waals surface area contributed by atoms with Crippen LogP contribution < -0.4 is 0 Å². The van der Waals surface area contributed by atoms with E-state index in [2.05, 4.69) is 11.6 Å². The summed E-state index contributed by atoms with van der Waals surface area (Å²) in [5, 5.41) is 16.4. The number of aliphatic imine (C=N–C) groups is 1. The summed E-state index contributed by atoms with van der Waals surface area (Å²) in [5.41, 5.74) is -0.870. The van der Waals surface area contributed by atoms with Crippen molar-refractivity contribution in [2.75, 3.05) is 6.54 Å². The minimum absolute atomic E-state index is 0.00602. The van der Waals surface area contributed by atoms with Gasteiger partial charge in [0.05, 0.1) is 6.54 Å². The SMILES string of the molecule is C=CCN=C(C(=O)O)C(=O)O. The van der Waals surface area contributed by atoms with Gasteiger partial charge in [0.25, 0.3) is 0 Å². The zero-order valence-corrected chi connectivity index (χ0v) is 5.65. The number of hydrogen-bond donors (Lipinski definition) is 2. The minimum Gasteiger partial charge on any atom is -0.476 e. The molecule has 60 valence electrons. The Labute approximate surface area is 62.7 Å². The van der Waals surface area contributed by atoms with Gasteiger partial charge in [-0.05, 0) is 0 Å². The van der Waals surface area contributed by atoms with Crippen LogP contribution in [-0.2, 0) is 9.59 Å². The maximum absolute atomic E-state index is 10.1. The van der Waals surface area contributed by atoms with Crippen molar-refractivity contribution in [2.45, 2.75) is 0 Å². The lowest BCUT2D eigenvalue weighted by atomic mass is 10.4. The maximum atomic E-state index is 10.1. The molecule has 0 amide bonds. The Morgan fingerprint density at radius 2 is 1.82 bits per heavy atom. The number of aliphatic carboxylic acids is 2. The second-order valence-electron chi connectivity index (χ2n) is 1.59. The third-order valence-corrected chi connectivity index (χ3v) is 0.784. The molecule has 0 aromatic carbocycles. The van der Waals surface area contributed by atoms with Crippen molar-refractivity contribution in [1.82, 2.24) is 0 Å². The number of nitrogens with zero attached hydrogens (tertiary/aromatic N) is 1. The third kappa shape index (κ3) is 3.14. The molecule has 2 N–H and O–H groups in total. The molecule has 0 aliphatic heterocycles. The summed E-state index contributed by atoms with van der Waals surface area (Å²) in [5.74, 6) is -3.08. The van der Waals surface area contributed by atoms with Crippen molar-refractivity contribution < 1.29 is 19.8 Å². The average molecular weight is 157 g/mol. The fraction of sp³-hybridized carbons (Fsp3) is 0.167. The standard InChI is InChI=1S/C6H7NO4/c1-2-3-7-4(5(8)9)6(10)11/h2H,1,3H2,(H,8,9)(H,10,11). The van der Waals surface area contributed by atoms with E-state index in [1.807, 2.05) is 0 Å². The van der Waals surface area contributed by atoms with Crippen LogP contribution in [0.3, 0.4) is 0 Å². The van der Waals surface area contributed by atoms with E-state index in [0.717, 1.165) is 0 Å². The number of hydrogen-bond acceptors (Lipinski definition) is 3. The van der Waals surface area contributed by atoms with Crippen LogP contribution in [0.15, 0.2) is 17.6 Å². The Bertz CT molecular complexity index is 203. The quantitative estimate of drug-likeness (QED) is 0.335. The Morgan fingerprint density at radius 3 is 2.09 bits per heavy atom. The number of rotatable bonds is 4. The van der Waals surface area contributed by atoms with Crippen molar-refractivity contribution in [1.29, 1.82) is 0 Å². The highest BCUT2D eigenvalue weighted by atomic mass is 16.4. The molecule has 0 saturated carbocycles. The van der Waals surface area contributed by atoms with E-state index >= 15 is 0 Å². The van der Waals surface area contributed by atoms with Gasteiger partial charge in [0, 0.05) is 0 Å². The number of carboxylic acid groups (broad SMARTS) is 2. The molecule has 5 nitrogen and oxygen atoms in total. The van der Waals surface area contributed by atoms with Crippen LogP contribution in [0.25, 0.3) is 0 Å². The van der Waals surface area contributed by atoms with Crippen LogP contribution in [0.2, 0.25) is 0 Å². The Balaban J connectivity index is 4.45. The molecule has 0 aliphatic carbocycles. The smallest absolute Gasteiger partial charge is 0.361 e. The molecule has 0 unspecified atom stereocenters. The van der Waals surface area contributed by atoms with Gasteiger partial charge in [0.15, 0.2) is 0 Å². The van der Waals surface area contributed by atoms with Gasteiger partial charge in [-0.3, -0.25) is 4.99 Å². The highest BCUT2D eigenvalue weighted by Crippen LogP contribution is 1.81. The van der Waals surface area contributed by atoms with E-state index in [1.54, 1.807) is 0 Å². The van der Waals surface area contributed by atoms with Gasteiger partial charge in [-0.1, -0.05) is 6.08 Å². The van der Waals surface area contributed by atoms with Crippen LogP contribution in [0, 0.1) is 0 Å². The summed E-state index contributed by atoms with van der Waals surface area (Å²) in [6.07, 6.45) is 1.31. The lowest BCUT2D eigenvalue weighted by Gasteiger charge is -1.91. The molecule has 5 heteroatoms. The predicted molar refractivity (Wildman–Crippen MR) is 37.8 cm³/mol. The van der Waals surface area contributed by atoms with E-state index in [-0.39, 0.29) is 6.54 Å². The van der Waals surface area contributed by atoms with Gasteiger partial charge in [-0.25, -0.2) is 9.59 Å². The molecule has 0 fully saturated rings. The Kier molecular flexibility index (Phi) is 3.58. The molecule has 0 saturated heterocycles. The molecule has 0 radical (unpaired) electrons. The molecule has 0 atom stereocenters. The lowest BCUT2D eigenvalue weighted by molar-refractivity contribution is -0.134. The van der Waals surface area contributed by atoms with Crippen LogP contribution in [0.4, 0.5) is 0 Å². The van der Waals surface area contributed by atoms with Gasteiger partial charge in [0.2, 0.25) is 5.71 Å². The normalized spacial score (nSPS) is 8.36. The lowest BCUT2D eigenvalue weighted by Crippen LogP contribution is -2.23. The van der Waals surface area contributed by atoms with Crippen molar-refractivity contribution in [2.24, 2.45) is 4.99 Å². The Hall–Kier alpha value is -1.65.